The van der Waals surface area contributed by atoms with Gasteiger partial charge in [-0.3, -0.25) is 24.2 Å². The summed E-state index contributed by atoms with van der Waals surface area (Å²) in [6, 6.07) is 5.97. The molecule has 184 valence electrons. The van der Waals surface area contributed by atoms with Crippen LogP contribution in [0.2, 0.25) is 0 Å². The van der Waals surface area contributed by atoms with E-state index in [1.807, 2.05) is 31.6 Å². The van der Waals surface area contributed by atoms with E-state index in [2.05, 4.69) is 35.9 Å². The van der Waals surface area contributed by atoms with Gasteiger partial charge in [-0.05, 0) is 44.2 Å². The summed E-state index contributed by atoms with van der Waals surface area (Å²) in [5, 5.41) is 18.2. The fourth-order valence-corrected chi connectivity index (χ4v) is 5.31. The molecule has 2 bridgehead atoms. The van der Waals surface area contributed by atoms with E-state index >= 15 is 0 Å². The molecule has 1 aliphatic heterocycles. The lowest BCUT2D eigenvalue weighted by Gasteiger charge is -2.25. The Morgan fingerprint density at radius 3 is 2.75 bits per heavy atom. The number of carbonyl (C=O) groups excluding carboxylic acids is 2. The zero-order chi connectivity index (χ0) is 24.8. The quantitative estimate of drug-likeness (QED) is 0.430. The van der Waals surface area contributed by atoms with Gasteiger partial charge >= 0.3 is 0 Å². The number of aromatic nitrogens is 6. The molecular formula is C25H27N9O2. The van der Waals surface area contributed by atoms with Crippen LogP contribution < -0.4 is 10.6 Å². The third kappa shape index (κ3) is 4.22. The van der Waals surface area contributed by atoms with E-state index in [4.69, 9.17) is 0 Å². The fraction of sp³-hybridized carbons (Fsp3) is 0.360. The minimum absolute atomic E-state index is 0.0702. The second kappa shape index (κ2) is 8.83. The van der Waals surface area contributed by atoms with Crippen LogP contribution in [0.1, 0.15) is 35.4 Å². The molecule has 11 nitrogen and oxygen atoms in total. The maximum Gasteiger partial charge on any atom is 0.278 e. The Balaban J connectivity index is 1.15. The molecule has 1 aliphatic carbocycles. The van der Waals surface area contributed by atoms with Crippen molar-refractivity contribution in [1.82, 2.24) is 34.5 Å². The highest BCUT2D eigenvalue weighted by molar-refractivity contribution is 6.08. The maximum absolute atomic E-state index is 13.1. The molecule has 2 N–H and O–H groups in total. The summed E-state index contributed by atoms with van der Waals surface area (Å²) in [5.74, 6) is 0.265. The van der Waals surface area contributed by atoms with Crippen molar-refractivity contribution >= 4 is 28.7 Å². The van der Waals surface area contributed by atoms with Gasteiger partial charge in [-0.15, -0.1) is 5.10 Å². The van der Waals surface area contributed by atoms with Crippen LogP contribution in [0.3, 0.4) is 0 Å². The molecule has 4 aromatic rings. The van der Waals surface area contributed by atoms with Gasteiger partial charge in [-0.25, -0.2) is 4.52 Å². The van der Waals surface area contributed by atoms with Crippen LogP contribution in [0.15, 0.2) is 43.0 Å². The summed E-state index contributed by atoms with van der Waals surface area (Å²) in [7, 11) is 1.86. The molecule has 0 aromatic carbocycles. The average molecular weight is 486 g/mol. The Morgan fingerprint density at radius 1 is 1.11 bits per heavy atom. The molecule has 2 atom stereocenters. The van der Waals surface area contributed by atoms with E-state index in [0.717, 1.165) is 23.6 Å². The number of fused-ring (bicyclic) bond motifs is 3. The molecule has 1 saturated carbocycles. The van der Waals surface area contributed by atoms with Crippen molar-refractivity contribution in [2.24, 2.45) is 13.0 Å². The third-order valence-electron chi connectivity index (χ3n) is 7.15. The first kappa shape index (κ1) is 22.4. The number of nitrogens with zero attached hydrogens (tertiary/aromatic N) is 7. The predicted molar refractivity (Wildman–Crippen MR) is 133 cm³/mol. The SMILES string of the molecule is Cc1ncc(NC(=O)CN2C[C@@H]3CC[C@H]2C3)cc1NC(=O)c1nnn2cc(-c3cnn(C)c3)ccc12. The summed E-state index contributed by atoms with van der Waals surface area (Å²) in [6.45, 7) is 3.18. The van der Waals surface area contributed by atoms with Crippen molar-refractivity contribution in [3.05, 3.63) is 54.4 Å². The van der Waals surface area contributed by atoms with E-state index in [0.29, 0.717) is 35.2 Å². The number of piperidine rings is 1. The Kier molecular flexibility index (Phi) is 5.48. The first-order valence-electron chi connectivity index (χ1n) is 12.1. The van der Waals surface area contributed by atoms with E-state index in [1.165, 1.54) is 19.3 Å². The first-order chi connectivity index (χ1) is 17.4. The van der Waals surface area contributed by atoms with Crippen molar-refractivity contribution in [3.8, 4) is 11.1 Å². The van der Waals surface area contributed by atoms with Gasteiger partial charge in [0.15, 0.2) is 5.69 Å². The van der Waals surface area contributed by atoms with Crippen LogP contribution in [-0.4, -0.2) is 65.4 Å². The largest absolute Gasteiger partial charge is 0.324 e. The highest BCUT2D eigenvalue weighted by Crippen LogP contribution is 2.37. The van der Waals surface area contributed by atoms with Crippen molar-refractivity contribution < 1.29 is 9.59 Å². The van der Waals surface area contributed by atoms with Crippen LogP contribution in [0.25, 0.3) is 16.6 Å². The minimum atomic E-state index is -0.402. The lowest BCUT2D eigenvalue weighted by atomic mass is 10.1. The van der Waals surface area contributed by atoms with E-state index < -0.39 is 5.91 Å². The van der Waals surface area contributed by atoms with Gasteiger partial charge in [0.2, 0.25) is 5.91 Å². The molecular weight excluding hydrogens is 458 g/mol. The summed E-state index contributed by atoms with van der Waals surface area (Å²) in [4.78, 5) is 32.3. The van der Waals surface area contributed by atoms with Crippen molar-refractivity contribution in [2.75, 3.05) is 23.7 Å². The van der Waals surface area contributed by atoms with Gasteiger partial charge in [0.25, 0.3) is 5.91 Å². The molecule has 2 aliphatic rings. The molecule has 0 spiro atoms. The van der Waals surface area contributed by atoms with Crippen LogP contribution in [-0.2, 0) is 11.8 Å². The summed E-state index contributed by atoms with van der Waals surface area (Å²) in [6.07, 6.45) is 10.8. The number of likely N-dealkylation sites (tertiary alicyclic amines) is 1. The van der Waals surface area contributed by atoms with Crippen molar-refractivity contribution in [1.29, 1.82) is 0 Å². The van der Waals surface area contributed by atoms with Crippen molar-refractivity contribution in [2.45, 2.75) is 32.2 Å². The topological polar surface area (TPSA) is 122 Å². The second-order valence-electron chi connectivity index (χ2n) is 9.71. The molecule has 36 heavy (non-hydrogen) atoms. The molecule has 0 radical (unpaired) electrons. The third-order valence-corrected chi connectivity index (χ3v) is 7.15. The summed E-state index contributed by atoms with van der Waals surface area (Å²) < 4.78 is 3.30. The number of anilines is 2. The number of aryl methyl sites for hydroxylation is 2. The molecule has 0 unspecified atom stereocenters. The monoisotopic (exact) mass is 485 g/mol. The number of hydrogen-bond donors (Lipinski definition) is 2. The molecule has 2 fully saturated rings. The first-order valence-corrected chi connectivity index (χ1v) is 12.1. The van der Waals surface area contributed by atoms with Gasteiger partial charge in [-0.1, -0.05) is 11.3 Å². The minimum Gasteiger partial charge on any atom is -0.324 e. The van der Waals surface area contributed by atoms with Gasteiger partial charge in [-0.2, -0.15) is 5.10 Å². The van der Waals surface area contributed by atoms with Crippen LogP contribution in [0, 0.1) is 12.8 Å². The normalized spacial score (nSPS) is 19.2. The van der Waals surface area contributed by atoms with Crippen LogP contribution in [0.4, 0.5) is 11.4 Å². The Labute approximate surface area is 207 Å². The number of hydrogen-bond acceptors (Lipinski definition) is 7. The zero-order valence-electron chi connectivity index (χ0n) is 20.2. The molecule has 5 heterocycles. The summed E-state index contributed by atoms with van der Waals surface area (Å²) in [5.41, 5.74) is 4.32. The van der Waals surface area contributed by atoms with Gasteiger partial charge in [0.1, 0.15) is 0 Å². The second-order valence-corrected chi connectivity index (χ2v) is 9.71. The molecule has 11 heteroatoms. The van der Waals surface area contributed by atoms with Crippen LogP contribution in [0.5, 0.6) is 0 Å². The van der Waals surface area contributed by atoms with E-state index in [1.54, 1.807) is 34.6 Å². The van der Waals surface area contributed by atoms with Crippen molar-refractivity contribution in [3.63, 3.8) is 0 Å². The number of amides is 2. The number of pyridine rings is 2. The van der Waals surface area contributed by atoms with Crippen LogP contribution >= 0.6 is 0 Å². The smallest absolute Gasteiger partial charge is 0.278 e. The Hall–Kier alpha value is -4.12. The number of carbonyl (C=O) groups is 2. The molecule has 6 rings (SSSR count). The molecule has 2 amide bonds. The van der Waals surface area contributed by atoms with Gasteiger partial charge in [0, 0.05) is 43.2 Å². The zero-order valence-corrected chi connectivity index (χ0v) is 20.2. The molecule has 4 aromatic heterocycles. The fourth-order valence-electron chi connectivity index (χ4n) is 5.31. The summed E-state index contributed by atoms with van der Waals surface area (Å²) >= 11 is 0. The average Bonchev–Trinajstić information content (AvgIpc) is 3.65. The van der Waals surface area contributed by atoms with E-state index in [9.17, 15) is 9.59 Å². The highest BCUT2D eigenvalue weighted by atomic mass is 16.2. The van der Waals surface area contributed by atoms with Gasteiger partial charge in [0.05, 0.1) is 41.5 Å². The van der Waals surface area contributed by atoms with Gasteiger partial charge < -0.3 is 10.6 Å². The number of rotatable bonds is 6. The maximum atomic E-state index is 13.1. The Bertz CT molecular complexity index is 1470. The lowest BCUT2D eigenvalue weighted by Crippen LogP contribution is -2.38. The standard InChI is InChI=1S/C25H27N9O2/c1-15-21(8-19(10-26-15)28-23(35)14-33-11-16-3-5-20(33)7-16)29-25(36)24-22-6-4-17(13-34(22)31-30-24)18-9-27-32(2)12-18/h4,6,8-10,12-13,16,20H,3,5,7,11,14H2,1-2H3,(H,28,35)(H,29,36)/t16-,20+/m1/s1. The lowest BCUT2D eigenvalue weighted by molar-refractivity contribution is -0.117. The molecule has 1 saturated heterocycles. The predicted octanol–water partition coefficient (Wildman–Crippen LogP) is 2.51. The number of nitrogens with one attached hydrogen (secondary N) is 2. The Morgan fingerprint density at radius 2 is 2.00 bits per heavy atom. The highest BCUT2D eigenvalue weighted by Gasteiger charge is 2.38. The van der Waals surface area contributed by atoms with E-state index in [-0.39, 0.29) is 11.6 Å².